The highest BCUT2D eigenvalue weighted by Crippen LogP contribution is 2.20. The van der Waals surface area contributed by atoms with E-state index in [1.165, 1.54) is 25.6 Å². The van der Waals surface area contributed by atoms with Crippen molar-refractivity contribution in [3.63, 3.8) is 0 Å². The van der Waals surface area contributed by atoms with Crippen molar-refractivity contribution in [1.82, 2.24) is 14.9 Å². The minimum atomic E-state index is -0.540. The van der Waals surface area contributed by atoms with Crippen LogP contribution in [0.25, 0.3) is 0 Å². The summed E-state index contributed by atoms with van der Waals surface area (Å²) in [5.41, 5.74) is 1.26. The Morgan fingerprint density at radius 1 is 1.44 bits per heavy atom. The van der Waals surface area contributed by atoms with Gasteiger partial charge in [0.25, 0.3) is 5.91 Å². The fraction of sp³-hybridized carbons (Fsp3) is 0.389. The maximum atomic E-state index is 13.8. The molecule has 7 heteroatoms. The number of carbonyl (C=O) groups is 1. The Morgan fingerprint density at radius 3 is 3.04 bits per heavy atom. The van der Waals surface area contributed by atoms with Gasteiger partial charge in [0.2, 0.25) is 0 Å². The molecule has 0 radical (unpaired) electrons. The van der Waals surface area contributed by atoms with Crippen LogP contribution in [0.2, 0.25) is 0 Å². The van der Waals surface area contributed by atoms with Crippen molar-refractivity contribution in [3.8, 4) is 5.75 Å². The molecule has 1 aliphatic rings. The Labute approximate surface area is 145 Å². The molecule has 0 saturated carbocycles. The average molecular weight is 345 g/mol. The molecule has 1 aliphatic heterocycles. The second-order valence-corrected chi connectivity index (χ2v) is 5.83. The van der Waals surface area contributed by atoms with E-state index in [1.54, 1.807) is 17.2 Å². The zero-order chi connectivity index (χ0) is 17.6. The summed E-state index contributed by atoms with van der Waals surface area (Å²) in [6, 6.07) is 6.13. The van der Waals surface area contributed by atoms with Gasteiger partial charge in [-0.05, 0) is 37.1 Å². The molecule has 1 aromatic heterocycles. The third kappa shape index (κ3) is 4.30. The number of nitrogens with zero attached hydrogens (tertiary/aromatic N) is 3. The highest BCUT2D eigenvalue weighted by molar-refractivity contribution is 5.94. The monoisotopic (exact) mass is 345 g/mol. The van der Waals surface area contributed by atoms with Gasteiger partial charge in [0, 0.05) is 30.5 Å². The summed E-state index contributed by atoms with van der Waals surface area (Å²) in [5, 5.41) is 0. The number of aromatic nitrogens is 2. The van der Waals surface area contributed by atoms with Crippen LogP contribution >= 0.6 is 0 Å². The number of carbonyl (C=O) groups excluding carboxylic acids is 1. The molecule has 0 unspecified atom stereocenters. The molecule has 0 bridgehead atoms. The minimum absolute atomic E-state index is 0.0595. The number of aryl methyl sites for hydroxylation is 1. The summed E-state index contributed by atoms with van der Waals surface area (Å²) in [5.74, 6) is -0.611. The number of benzene rings is 1. The van der Waals surface area contributed by atoms with Crippen LogP contribution in [0, 0.1) is 5.82 Å². The number of morpholine rings is 1. The third-order valence-electron chi connectivity index (χ3n) is 4.19. The summed E-state index contributed by atoms with van der Waals surface area (Å²) in [7, 11) is 1.39. The van der Waals surface area contributed by atoms with Gasteiger partial charge in [-0.15, -0.1) is 0 Å². The third-order valence-corrected chi connectivity index (χ3v) is 4.19. The average Bonchev–Trinajstić information content (AvgIpc) is 2.67. The zero-order valence-electron chi connectivity index (χ0n) is 14.0. The van der Waals surface area contributed by atoms with Crippen molar-refractivity contribution in [3.05, 3.63) is 53.9 Å². The largest absolute Gasteiger partial charge is 0.494 e. The molecule has 3 rings (SSSR count). The topological polar surface area (TPSA) is 64.5 Å². The first-order valence-corrected chi connectivity index (χ1v) is 8.16. The molecule has 0 spiro atoms. The number of hydrogen-bond donors (Lipinski definition) is 0. The first kappa shape index (κ1) is 17.3. The van der Waals surface area contributed by atoms with Gasteiger partial charge in [0.15, 0.2) is 11.6 Å². The van der Waals surface area contributed by atoms with Gasteiger partial charge in [-0.2, -0.15) is 0 Å². The molecule has 0 N–H and O–H groups in total. The molecule has 1 aromatic carbocycles. The van der Waals surface area contributed by atoms with Crippen molar-refractivity contribution in [2.75, 3.05) is 26.8 Å². The molecule has 2 aromatic rings. The molecule has 1 saturated heterocycles. The van der Waals surface area contributed by atoms with E-state index >= 15 is 0 Å². The number of ether oxygens (including phenoxy) is 2. The Balaban J connectivity index is 1.60. The normalized spacial score (nSPS) is 17.4. The first-order chi connectivity index (χ1) is 12.2. The van der Waals surface area contributed by atoms with Gasteiger partial charge in [-0.25, -0.2) is 14.4 Å². The highest BCUT2D eigenvalue weighted by Gasteiger charge is 2.25. The SMILES string of the molecule is COc1ccc(C(=O)N2CCO[C@@H](CCc3ccncn3)C2)cc1F. The minimum Gasteiger partial charge on any atom is -0.494 e. The van der Waals surface area contributed by atoms with Gasteiger partial charge in [-0.1, -0.05) is 0 Å². The van der Waals surface area contributed by atoms with E-state index in [0.29, 0.717) is 25.3 Å². The smallest absolute Gasteiger partial charge is 0.254 e. The zero-order valence-corrected chi connectivity index (χ0v) is 14.0. The van der Waals surface area contributed by atoms with E-state index in [2.05, 4.69) is 9.97 Å². The second kappa shape index (κ2) is 8.02. The molecule has 2 heterocycles. The fourth-order valence-corrected chi connectivity index (χ4v) is 2.84. The predicted molar refractivity (Wildman–Crippen MR) is 88.9 cm³/mol. The van der Waals surface area contributed by atoms with E-state index in [-0.39, 0.29) is 17.8 Å². The Morgan fingerprint density at radius 2 is 2.32 bits per heavy atom. The van der Waals surface area contributed by atoms with Crippen LogP contribution in [-0.2, 0) is 11.2 Å². The van der Waals surface area contributed by atoms with Crippen LogP contribution in [0.15, 0.2) is 36.8 Å². The summed E-state index contributed by atoms with van der Waals surface area (Å²) < 4.78 is 24.5. The van der Waals surface area contributed by atoms with Gasteiger partial charge in [-0.3, -0.25) is 4.79 Å². The molecule has 1 fully saturated rings. The van der Waals surface area contributed by atoms with Crippen LogP contribution < -0.4 is 4.74 Å². The summed E-state index contributed by atoms with van der Waals surface area (Å²) in [6.07, 6.45) is 4.68. The number of hydrogen-bond acceptors (Lipinski definition) is 5. The van der Waals surface area contributed by atoms with Gasteiger partial charge < -0.3 is 14.4 Å². The van der Waals surface area contributed by atoms with Crippen LogP contribution in [0.4, 0.5) is 4.39 Å². The number of halogens is 1. The molecular formula is C18H20FN3O3. The van der Waals surface area contributed by atoms with Crippen molar-refractivity contribution in [2.24, 2.45) is 0 Å². The van der Waals surface area contributed by atoms with E-state index in [0.717, 1.165) is 18.5 Å². The lowest BCUT2D eigenvalue weighted by molar-refractivity contribution is -0.0247. The van der Waals surface area contributed by atoms with E-state index in [4.69, 9.17) is 9.47 Å². The summed E-state index contributed by atoms with van der Waals surface area (Å²) in [6.45, 7) is 1.45. The summed E-state index contributed by atoms with van der Waals surface area (Å²) in [4.78, 5) is 22.4. The lowest BCUT2D eigenvalue weighted by Gasteiger charge is -2.33. The first-order valence-electron chi connectivity index (χ1n) is 8.16. The maximum absolute atomic E-state index is 13.8. The van der Waals surface area contributed by atoms with Crippen LogP contribution in [0.1, 0.15) is 22.5 Å². The summed E-state index contributed by atoms with van der Waals surface area (Å²) >= 11 is 0. The van der Waals surface area contributed by atoms with Crippen LogP contribution in [-0.4, -0.2) is 53.7 Å². The predicted octanol–water partition coefficient (Wildman–Crippen LogP) is 2.10. The van der Waals surface area contributed by atoms with Gasteiger partial charge in [0.1, 0.15) is 6.33 Å². The molecule has 1 amide bonds. The van der Waals surface area contributed by atoms with Crippen LogP contribution in [0.5, 0.6) is 5.75 Å². The van der Waals surface area contributed by atoms with E-state index < -0.39 is 5.82 Å². The number of methoxy groups -OCH3 is 1. The Kier molecular flexibility index (Phi) is 5.55. The molecule has 6 nitrogen and oxygen atoms in total. The van der Waals surface area contributed by atoms with E-state index in [9.17, 15) is 9.18 Å². The molecule has 1 atom stereocenters. The molecule has 0 aliphatic carbocycles. The van der Waals surface area contributed by atoms with Gasteiger partial charge in [0.05, 0.1) is 19.8 Å². The van der Waals surface area contributed by atoms with Crippen LogP contribution in [0.3, 0.4) is 0 Å². The van der Waals surface area contributed by atoms with Crippen molar-refractivity contribution in [1.29, 1.82) is 0 Å². The highest BCUT2D eigenvalue weighted by atomic mass is 19.1. The lowest BCUT2D eigenvalue weighted by atomic mass is 10.1. The molecular weight excluding hydrogens is 325 g/mol. The Bertz CT molecular complexity index is 727. The van der Waals surface area contributed by atoms with Crippen molar-refractivity contribution < 1.29 is 18.7 Å². The Hall–Kier alpha value is -2.54. The van der Waals surface area contributed by atoms with Gasteiger partial charge >= 0.3 is 0 Å². The fourth-order valence-electron chi connectivity index (χ4n) is 2.84. The lowest BCUT2D eigenvalue weighted by Crippen LogP contribution is -2.45. The number of rotatable bonds is 5. The molecule has 132 valence electrons. The standard InChI is InChI=1S/C18H20FN3O3/c1-24-17-5-2-13(10-16(17)19)18(23)22-8-9-25-15(11-22)4-3-14-6-7-20-12-21-14/h2,5-7,10,12,15H,3-4,8-9,11H2,1H3/t15-/m0/s1. The van der Waals surface area contributed by atoms with E-state index in [1.807, 2.05) is 6.07 Å². The second-order valence-electron chi connectivity index (χ2n) is 5.83. The van der Waals surface area contributed by atoms with Crippen molar-refractivity contribution in [2.45, 2.75) is 18.9 Å². The molecule has 25 heavy (non-hydrogen) atoms. The number of amides is 1. The maximum Gasteiger partial charge on any atom is 0.254 e. The van der Waals surface area contributed by atoms with Crippen molar-refractivity contribution >= 4 is 5.91 Å². The quantitative estimate of drug-likeness (QED) is 0.830.